The van der Waals surface area contributed by atoms with Crippen LogP contribution in [0.15, 0.2) is 146 Å². The van der Waals surface area contributed by atoms with Gasteiger partial charge in [0.2, 0.25) is 5.97 Å². The van der Waals surface area contributed by atoms with Gasteiger partial charge in [0.15, 0.2) is 17.9 Å². The van der Waals surface area contributed by atoms with Crippen molar-refractivity contribution >= 4 is 77.3 Å². The summed E-state index contributed by atoms with van der Waals surface area (Å²) < 4.78 is 55.3. The minimum Gasteiger partial charge on any atom is -0.793 e. The van der Waals surface area contributed by atoms with Gasteiger partial charge in [-0.2, -0.15) is 0 Å². The van der Waals surface area contributed by atoms with Crippen LogP contribution in [0.1, 0.15) is 84.6 Å². The summed E-state index contributed by atoms with van der Waals surface area (Å²) in [5.41, 5.74) is 22.3. The number of aromatic nitrogens is 6. The molecular weight excluding hydrogens is 1280 g/mol. The molecule has 6 heterocycles. The van der Waals surface area contributed by atoms with Crippen molar-refractivity contribution in [1.29, 1.82) is 0 Å². The van der Waals surface area contributed by atoms with Gasteiger partial charge in [-0.3, -0.25) is 19.6 Å². The molecule has 0 amide bonds. The predicted octanol–water partition coefficient (Wildman–Crippen LogP) is 10.6. The Bertz CT molecular complexity index is 4410. The van der Waals surface area contributed by atoms with Crippen molar-refractivity contribution in [3.05, 3.63) is 191 Å². The number of nitrogens with one attached hydrogen (secondary N) is 3. The van der Waals surface area contributed by atoms with Crippen molar-refractivity contribution in [2.24, 2.45) is 5.73 Å². The van der Waals surface area contributed by atoms with E-state index in [-0.39, 0.29) is 46.7 Å². The molecule has 0 bridgehead atoms. The summed E-state index contributed by atoms with van der Waals surface area (Å²) in [4.78, 5) is 74.7. The van der Waals surface area contributed by atoms with Gasteiger partial charge in [0, 0.05) is 120 Å². The quantitative estimate of drug-likeness (QED) is 0.0341. The van der Waals surface area contributed by atoms with Crippen LogP contribution in [0.3, 0.4) is 0 Å². The van der Waals surface area contributed by atoms with Crippen molar-refractivity contribution in [2.45, 2.75) is 92.8 Å². The molecule has 2 aliphatic heterocycles. The second kappa shape index (κ2) is 37.9. The fourth-order valence-electron chi connectivity index (χ4n) is 11.0. The Balaban J connectivity index is 0.000000217. The van der Waals surface area contributed by atoms with E-state index in [1.807, 2.05) is 86.6 Å². The number of nitrogens with zero attached hydrogens (tertiary/aromatic N) is 6. The summed E-state index contributed by atoms with van der Waals surface area (Å²) in [7, 11) is 7.34. The number of hydrogen-bond donors (Lipinski definition) is 4. The number of fused-ring (bicyclic) bond motifs is 2. The van der Waals surface area contributed by atoms with Crippen LogP contribution in [0, 0.1) is 39.3 Å². The number of halogens is 2. The van der Waals surface area contributed by atoms with E-state index in [1.54, 1.807) is 56.4 Å². The van der Waals surface area contributed by atoms with Gasteiger partial charge < -0.3 is 53.3 Å². The first-order chi connectivity index (χ1) is 47.3. The molecule has 2 fully saturated rings. The summed E-state index contributed by atoms with van der Waals surface area (Å²) in [6.45, 7) is 15.3. The van der Waals surface area contributed by atoms with Gasteiger partial charge in [0.1, 0.15) is 34.2 Å². The number of ether oxygens (including phenoxy) is 4. The molecule has 2 aliphatic rings. The first-order valence-electron chi connectivity index (χ1n) is 31.5. The van der Waals surface area contributed by atoms with E-state index in [2.05, 4.69) is 100 Å². The third kappa shape index (κ3) is 20.7. The molecule has 6 aromatic carbocycles. The minimum atomic E-state index is -0.639. The van der Waals surface area contributed by atoms with E-state index in [1.165, 1.54) is 20.1 Å². The topological polar surface area (TPSA) is 272 Å². The second-order valence-corrected chi connectivity index (χ2v) is 22.6. The molecule has 5 N–H and O–H groups in total. The van der Waals surface area contributed by atoms with Crippen LogP contribution in [-0.2, 0) is 44.8 Å². The number of pyridine rings is 2. The summed E-state index contributed by atoms with van der Waals surface area (Å²) >= 11 is 0. The molecule has 0 unspecified atom stereocenters. The van der Waals surface area contributed by atoms with Crippen LogP contribution in [0.5, 0.6) is 11.5 Å². The van der Waals surface area contributed by atoms with Crippen molar-refractivity contribution in [3.8, 4) is 56.0 Å². The fourth-order valence-corrected chi connectivity index (χ4v) is 11.0. The van der Waals surface area contributed by atoms with Crippen molar-refractivity contribution < 1.29 is 90.9 Å². The van der Waals surface area contributed by atoms with Crippen LogP contribution in [-0.4, -0.2) is 115 Å². The van der Waals surface area contributed by atoms with Crippen molar-refractivity contribution in [1.82, 2.24) is 35.2 Å². The van der Waals surface area contributed by atoms with Gasteiger partial charge in [-0.15, -0.1) is 0 Å². The summed E-state index contributed by atoms with van der Waals surface area (Å²) in [6.07, 6.45) is 14.5. The number of carbonyl (C=O) groups excluding carboxylic acids is 4. The number of rotatable bonds is 14. The molecular formula is C74H77BF2N10NaO11. The minimum absolute atomic E-state index is 0. The largest absolute Gasteiger partial charge is 1.00 e. The normalized spacial score (nSPS) is 12.6. The van der Waals surface area contributed by atoms with Crippen LogP contribution < -0.4 is 60.7 Å². The Kier molecular flexibility index (Phi) is 29.4. The van der Waals surface area contributed by atoms with Gasteiger partial charge in [-0.25, -0.2) is 48.1 Å². The summed E-state index contributed by atoms with van der Waals surface area (Å²) in [5, 5.41) is 10.4. The van der Waals surface area contributed by atoms with Crippen LogP contribution >= 0.6 is 0 Å². The SMILES string of the molecule is CC(=O)OOC(C)=O.COc1cc(-c2cccc(-c3cccc(Nc4nccc5nccnc45)c3C)c2C)cc(F)c1C=O.COc1cc(-c2cccc(-c3cccc(Nc4nccc5nccnc45)c3C)c2C)cc(F)c1CNC1CCOCC1.NC1CCOCC1.[B-]OC(C)=O.[Na+]. The van der Waals surface area contributed by atoms with E-state index in [0.29, 0.717) is 64.5 Å². The summed E-state index contributed by atoms with van der Waals surface area (Å²) in [6, 6.07) is 35.3. The average molecular weight is 1350 g/mol. The molecule has 4 aromatic heterocycles. The Morgan fingerprint density at radius 3 is 1.36 bits per heavy atom. The Morgan fingerprint density at radius 2 is 0.949 bits per heavy atom. The molecule has 0 spiro atoms. The molecule has 25 heteroatoms. The van der Waals surface area contributed by atoms with Gasteiger partial charge in [0.05, 0.1) is 30.8 Å². The number of hydrogen-bond acceptors (Lipinski definition) is 21. The number of benzene rings is 6. The van der Waals surface area contributed by atoms with Crippen LogP contribution in [0.2, 0.25) is 0 Å². The first kappa shape index (κ1) is 76.7. The summed E-state index contributed by atoms with van der Waals surface area (Å²) in [5.74, 6) is -0.603. The van der Waals surface area contributed by atoms with Gasteiger partial charge in [-0.05, 0) is 169 Å². The van der Waals surface area contributed by atoms with Gasteiger partial charge >= 0.3 is 41.5 Å². The first-order valence-corrected chi connectivity index (χ1v) is 31.5. The number of carbonyl (C=O) groups is 4. The van der Waals surface area contributed by atoms with E-state index in [9.17, 15) is 23.6 Å². The Labute approximate surface area is 597 Å². The molecule has 0 saturated carbocycles. The molecule has 2 saturated heterocycles. The zero-order chi connectivity index (χ0) is 70.3. The van der Waals surface area contributed by atoms with Gasteiger partial charge in [-0.1, -0.05) is 60.7 Å². The maximum atomic E-state index is 15.6. The van der Waals surface area contributed by atoms with Gasteiger partial charge in [0.25, 0.3) is 0 Å². The fraction of sp³-hybridized carbons (Fsp3) is 0.270. The number of nitrogens with two attached hydrogens (primary N) is 1. The number of aldehydes is 1. The molecule has 21 nitrogen and oxygen atoms in total. The molecule has 0 atom stereocenters. The standard InChI is InChI=1S/C34H34FN5O2.C29H23FN4O2.C5H11NO.C4H6O4.C2H3BO2.Na/c1-21-25(23-18-29(35)28(32(19-23)41-3)20-39-24-11-16-42-17-12-24)6-4-7-26(21)27-8-5-9-30(22(27)2)40-34-33-31(10-13-38-34)36-14-15-37-33;1-17-20(19-14-24(30)23(16-35)27(15-19)36-3)6-4-7-21(17)22-8-5-9-25(18(22)2)34-29-28-26(10-11-33-29)31-12-13-32-28;6-5-1-3-7-4-2-5;1-3(5)7-8-4(2)6;1-2(4)5-3;/h4-10,13-15,18-19,24,39H,11-12,16-17,20H2,1-3H3,(H,38,40);4-16H,1-3H3,(H,33,34);5H,1-4,6H2;1-2H3;1H3;/q;;;;-1;+1. The number of methoxy groups -OCH3 is 2. The van der Waals surface area contributed by atoms with Crippen molar-refractivity contribution in [3.63, 3.8) is 0 Å². The zero-order valence-electron chi connectivity index (χ0n) is 57.0. The van der Waals surface area contributed by atoms with Crippen LogP contribution in [0.4, 0.5) is 31.8 Å². The van der Waals surface area contributed by atoms with E-state index < -0.39 is 23.7 Å². The van der Waals surface area contributed by atoms with Crippen molar-refractivity contribution in [2.75, 3.05) is 51.3 Å². The molecule has 99 heavy (non-hydrogen) atoms. The third-order valence-electron chi connectivity index (χ3n) is 16.1. The Morgan fingerprint density at radius 1 is 0.545 bits per heavy atom. The number of anilines is 4. The molecule has 507 valence electrons. The van der Waals surface area contributed by atoms with E-state index in [4.69, 9.17) is 24.7 Å². The third-order valence-corrected chi connectivity index (χ3v) is 16.1. The monoisotopic (exact) mass is 1350 g/mol. The predicted molar refractivity (Wildman–Crippen MR) is 373 cm³/mol. The zero-order valence-corrected chi connectivity index (χ0v) is 59.0. The van der Waals surface area contributed by atoms with Crippen LogP contribution in [0.25, 0.3) is 66.6 Å². The molecule has 3 radical (unpaired) electrons. The average Bonchev–Trinajstić information content (AvgIpc) is 0.787. The Hall–Kier alpha value is -9.66. The van der Waals surface area contributed by atoms with E-state index in [0.717, 1.165) is 150 Å². The molecule has 0 aliphatic carbocycles. The molecule has 12 rings (SSSR count). The maximum Gasteiger partial charge on any atom is 1.00 e. The smallest absolute Gasteiger partial charge is 0.793 e. The molecule has 10 aromatic rings. The van der Waals surface area contributed by atoms with E-state index >= 15 is 4.39 Å². The maximum absolute atomic E-state index is 15.6. The second-order valence-electron chi connectivity index (χ2n) is 22.6.